The molecule has 1 heterocycles. The van der Waals surface area contributed by atoms with Crippen LogP contribution in [0.4, 0.5) is 5.69 Å². The quantitative estimate of drug-likeness (QED) is 0.172. The summed E-state index contributed by atoms with van der Waals surface area (Å²) in [5, 5.41) is 2.13. The lowest BCUT2D eigenvalue weighted by Crippen LogP contribution is -2.27. The minimum Gasteiger partial charge on any atom is -0.494 e. The van der Waals surface area contributed by atoms with E-state index in [4.69, 9.17) is 4.74 Å². The van der Waals surface area contributed by atoms with Crippen molar-refractivity contribution in [2.75, 3.05) is 17.4 Å². The van der Waals surface area contributed by atoms with Crippen LogP contribution in [0.1, 0.15) is 89.2 Å². The molecule has 0 unspecified atom stereocenters. The maximum atomic E-state index is 12.5. The normalized spacial score (nSPS) is 12.4. The molecule has 6 heteroatoms. The molecule has 0 saturated carbocycles. The number of carbonyl (C=O) groups excluding carboxylic acids is 1. The molecule has 3 rings (SSSR count). The minimum atomic E-state index is 0. The van der Waals surface area contributed by atoms with Gasteiger partial charge in [-0.2, -0.15) is 0 Å². The van der Waals surface area contributed by atoms with Crippen molar-refractivity contribution in [2.45, 2.75) is 91.1 Å². The minimum absolute atomic E-state index is 0. The smallest absolute Gasteiger partial charge is 0.224 e. The maximum absolute atomic E-state index is 12.5. The number of hydrogen-bond donors (Lipinski definition) is 0. The van der Waals surface area contributed by atoms with Gasteiger partial charge in [0.05, 0.1) is 19.0 Å². The summed E-state index contributed by atoms with van der Waals surface area (Å²) in [5.74, 6) is 1.93. The van der Waals surface area contributed by atoms with E-state index in [9.17, 15) is 4.79 Å². The van der Waals surface area contributed by atoms with Crippen molar-refractivity contribution in [3.63, 3.8) is 0 Å². The first-order valence-electron chi connectivity index (χ1n) is 13.8. The van der Waals surface area contributed by atoms with Gasteiger partial charge in [-0.25, -0.2) is 0 Å². The van der Waals surface area contributed by atoms with Gasteiger partial charge >= 0.3 is 0 Å². The molecule has 1 aliphatic heterocycles. The Morgan fingerprint density at radius 1 is 0.919 bits per heavy atom. The highest BCUT2D eigenvalue weighted by Gasteiger charge is 2.13. The van der Waals surface area contributed by atoms with Gasteiger partial charge in [0, 0.05) is 25.4 Å². The van der Waals surface area contributed by atoms with Gasteiger partial charge < -0.3 is 14.5 Å². The molecule has 0 bridgehead atoms. The molecular formula is C31H45BrN2O2S. The molecule has 4 nitrogen and oxygen atoms in total. The summed E-state index contributed by atoms with van der Waals surface area (Å²) in [4.78, 5) is 16.6. The number of anilines is 1. The van der Waals surface area contributed by atoms with Crippen molar-refractivity contribution in [2.24, 2.45) is 0 Å². The van der Waals surface area contributed by atoms with Crippen molar-refractivity contribution in [1.29, 1.82) is 0 Å². The second-order valence-corrected chi connectivity index (χ2v) is 10.6. The van der Waals surface area contributed by atoms with Gasteiger partial charge in [-0.1, -0.05) is 89.0 Å². The zero-order chi connectivity index (χ0) is 25.4. The van der Waals surface area contributed by atoms with Crippen LogP contribution in [-0.4, -0.2) is 23.3 Å². The van der Waals surface area contributed by atoms with Crippen LogP contribution >= 0.6 is 28.7 Å². The van der Waals surface area contributed by atoms with E-state index in [0.717, 1.165) is 42.4 Å². The van der Waals surface area contributed by atoms with E-state index in [1.54, 1.807) is 6.92 Å². The molecule has 0 fully saturated rings. The molecule has 1 amide bonds. The Kier molecular flexibility index (Phi) is 15.5. The van der Waals surface area contributed by atoms with Crippen LogP contribution in [0.2, 0.25) is 0 Å². The van der Waals surface area contributed by atoms with E-state index >= 15 is 0 Å². The maximum Gasteiger partial charge on any atom is 0.224 e. The van der Waals surface area contributed by atoms with Crippen LogP contribution in [0.3, 0.4) is 0 Å². The van der Waals surface area contributed by atoms with Crippen LogP contribution in [0.5, 0.6) is 5.75 Å². The Bertz CT molecular complexity index is 935. The predicted molar refractivity (Wildman–Crippen MR) is 165 cm³/mol. The zero-order valence-corrected chi connectivity index (χ0v) is 25.2. The molecule has 0 radical (unpaired) electrons. The van der Waals surface area contributed by atoms with Crippen LogP contribution in [0.25, 0.3) is 0 Å². The molecule has 204 valence electrons. The lowest BCUT2D eigenvalue weighted by atomic mass is 10.1. The predicted octanol–water partition coefficient (Wildman–Crippen LogP) is 9.09. The number of hydrogen-bond acceptors (Lipinski definition) is 4. The third-order valence-electron chi connectivity index (χ3n) is 6.63. The molecule has 0 N–H and O–H groups in total. The lowest BCUT2D eigenvalue weighted by molar-refractivity contribution is -0.116. The lowest BCUT2D eigenvalue weighted by Gasteiger charge is -2.22. The highest BCUT2D eigenvalue weighted by atomic mass is 79.9. The van der Waals surface area contributed by atoms with Crippen molar-refractivity contribution < 1.29 is 9.53 Å². The van der Waals surface area contributed by atoms with E-state index in [1.807, 2.05) is 28.8 Å². The Balaban J connectivity index is 0.00000481. The average Bonchev–Trinajstić information content (AvgIpc) is 3.40. The van der Waals surface area contributed by atoms with Gasteiger partial charge in [0.1, 0.15) is 5.75 Å². The number of unbranched alkanes of at least 4 members (excludes halogenated alkanes) is 9. The molecule has 1 aliphatic rings. The van der Waals surface area contributed by atoms with E-state index in [2.05, 4.69) is 59.8 Å². The molecular weight excluding hydrogens is 544 g/mol. The van der Waals surface area contributed by atoms with Crippen LogP contribution in [0.15, 0.2) is 60.1 Å². The van der Waals surface area contributed by atoms with Gasteiger partial charge in [0.2, 0.25) is 5.91 Å². The molecule has 2 aromatic carbocycles. The van der Waals surface area contributed by atoms with Crippen molar-refractivity contribution in [1.82, 2.24) is 4.90 Å². The second kappa shape index (κ2) is 18.4. The molecule has 2 aromatic rings. The summed E-state index contributed by atoms with van der Waals surface area (Å²) in [6.45, 7) is 6.08. The molecule has 0 aliphatic carbocycles. The first-order chi connectivity index (χ1) is 17.7. The van der Waals surface area contributed by atoms with Crippen molar-refractivity contribution in [3.8, 4) is 5.75 Å². The first-order valence-corrected chi connectivity index (χ1v) is 14.8. The third-order valence-corrected chi connectivity index (χ3v) is 7.42. The molecule has 0 saturated heterocycles. The zero-order valence-electron chi connectivity index (χ0n) is 22.7. The Hall–Kier alpha value is -1.92. The number of ether oxygens (including phenoxy) is 1. The third kappa shape index (κ3) is 12.0. The highest BCUT2D eigenvalue weighted by Crippen LogP contribution is 2.23. The van der Waals surface area contributed by atoms with Crippen LogP contribution in [-0.2, 0) is 17.9 Å². The summed E-state index contributed by atoms with van der Waals surface area (Å²) in [6, 6.07) is 16.5. The van der Waals surface area contributed by atoms with Gasteiger partial charge in [-0.3, -0.25) is 4.79 Å². The average molecular weight is 590 g/mol. The van der Waals surface area contributed by atoms with Gasteiger partial charge in [-0.05, 0) is 47.2 Å². The van der Waals surface area contributed by atoms with Gasteiger partial charge in [0.25, 0.3) is 0 Å². The number of rotatable bonds is 17. The van der Waals surface area contributed by atoms with Crippen molar-refractivity contribution in [3.05, 3.63) is 71.3 Å². The summed E-state index contributed by atoms with van der Waals surface area (Å²) in [6.07, 6.45) is 15.4. The number of nitrogens with zero attached hydrogens (tertiary/aromatic N) is 2. The number of thioether (sulfide) groups is 1. The first kappa shape index (κ1) is 31.3. The Morgan fingerprint density at radius 3 is 2.22 bits per heavy atom. The number of halogens is 1. The standard InChI is InChI=1S/C31H44N2O2S.BrH/c1-3-4-5-6-7-8-9-10-11-12-21-35-31-15-13-14-29(23-31)25-33(27(2)34)30-18-16-28(17-19-30)24-32-20-22-36-26-32;/h13-20,22-23H,3-12,21,24-26H2,1-2H3;1H. The molecule has 37 heavy (non-hydrogen) atoms. The molecule has 0 spiro atoms. The monoisotopic (exact) mass is 588 g/mol. The van der Waals surface area contributed by atoms with E-state index in [1.165, 1.54) is 63.4 Å². The SMILES string of the molecule is Br.CCCCCCCCCCCCOc1cccc(CN(C(C)=O)c2ccc(CN3C=CSC3)cc2)c1. The summed E-state index contributed by atoms with van der Waals surface area (Å²) < 4.78 is 6.03. The van der Waals surface area contributed by atoms with E-state index in [0.29, 0.717) is 6.54 Å². The fourth-order valence-corrected chi connectivity index (χ4v) is 5.22. The molecule has 0 aromatic heterocycles. The summed E-state index contributed by atoms with van der Waals surface area (Å²) in [7, 11) is 0. The fourth-order valence-electron chi connectivity index (χ4n) is 4.51. The largest absolute Gasteiger partial charge is 0.494 e. The van der Waals surface area contributed by atoms with Gasteiger partial charge in [-0.15, -0.1) is 28.7 Å². The highest BCUT2D eigenvalue weighted by molar-refractivity contribution is 8.93. The molecule has 0 atom stereocenters. The number of amides is 1. The van der Waals surface area contributed by atoms with Crippen LogP contribution in [0, 0.1) is 0 Å². The van der Waals surface area contributed by atoms with Crippen molar-refractivity contribution >= 4 is 40.3 Å². The summed E-state index contributed by atoms with van der Waals surface area (Å²) >= 11 is 1.81. The number of benzene rings is 2. The Morgan fingerprint density at radius 2 is 1.59 bits per heavy atom. The van der Waals surface area contributed by atoms with Crippen LogP contribution < -0.4 is 9.64 Å². The topological polar surface area (TPSA) is 32.8 Å². The summed E-state index contributed by atoms with van der Waals surface area (Å²) in [5.41, 5.74) is 3.25. The Labute approximate surface area is 239 Å². The van der Waals surface area contributed by atoms with Gasteiger partial charge in [0.15, 0.2) is 0 Å². The number of carbonyl (C=O) groups is 1. The van der Waals surface area contributed by atoms with E-state index < -0.39 is 0 Å². The second-order valence-electron chi connectivity index (χ2n) is 9.78. The fraction of sp³-hybridized carbons (Fsp3) is 0.516. The van der Waals surface area contributed by atoms with E-state index in [-0.39, 0.29) is 22.9 Å².